The Balaban J connectivity index is 1.29. The molecule has 1 aromatic heterocycles. The lowest BCUT2D eigenvalue weighted by Crippen LogP contribution is -2.16. The van der Waals surface area contributed by atoms with Crippen molar-refractivity contribution >= 4 is 38.9 Å². The summed E-state index contributed by atoms with van der Waals surface area (Å²) < 4.78 is 2.43. The summed E-state index contributed by atoms with van der Waals surface area (Å²) in [6.45, 7) is 4.73. The van der Waals surface area contributed by atoms with E-state index in [1.165, 1.54) is 66.3 Å². The highest BCUT2D eigenvalue weighted by molar-refractivity contribution is 6.18. The van der Waals surface area contributed by atoms with Gasteiger partial charge in [-0.1, -0.05) is 153 Å². The smallest absolute Gasteiger partial charge is 0.0568 e. The van der Waals surface area contributed by atoms with Crippen LogP contribution in [0.15, 0.2) is 194 Å². The Morgan fingerprint density at radius 2 is 0.981 bits per heavy atom. The average Bonchev–Trinajstić information content (AvgIpc) is 3.67. The van der Waals surface area contributed by atoms with Crippen LogP contribution in [0.3, 0.4) is 0 Å². The molecule has 1 aliphatic rings. The molecule has 0 spiro atoms. The molecule has 1 heterocycles. The van der Waals surface area contributed by atoms with Crippen LogP contribution in [0.2, 0.25) is 0 Å². The van der Waals surface area contributed by atoms with Crippen molar-refractivity contribution in [2.24, 2.45) is 0 Å². The lowest BCUT2D eigenvalue weighted by Gasteiger charge is -2.29. The normalized spacial score (nSPS) is 12.9. The monoisotopic (exact) mass is 678 g/mol. The zero-order valence-corrected chi connectivity index (χ0v) is 29.9. The van der Waals surface area contributed by atoms with Crippen LogP contribution in [0, 0.1) is 0 Å². The molecule has 0 aliphatic heterocycles. The second-order valence-electron chi connectivity index (χ2n) is 14.6. The van der Waals surface area contributed by atoms with Crippen LogP contribution in [-0.4, -0.2) is 4.57 Å². The molecule has 0 saturated heterocycles. The summed E-state index contributed by atoms with van der Waals surface area (Å²) in [7, 11) is 0. The first-order valence-electron chi connectivity index (χ1n) is 18.4. The molecular weight excluding hydrogens is 641 g/mol. The second-order valence-corrected chi connectivity index (χ2v) is 14.6. The number of nitrogens with zero attached hydrogens (tertiary/aromatic N) is 2. The largest absolute Gasteiger partial charge is 0.310 e. The van der Waals surface area contributed by atoms with E-state index in [0.717, 1.165) is 22.7 Å². The number of benzene rings is 8. The van der Waals surface area contributed by atoms with Crippen LogP contribution in [0.25, 0.3) is 60.9 Å². The first-order chi connectivity index (χ1) is 26.1. The summed E-state index contributed by atoms with van der Waals surface area (Å²) >= 11 is 0. The highest BCUT2D eigenvalue weighted by atomic mass is 15.1. The van der Waals surface area contributed by atoms with Crippen molar-refractivity contribution in [2.75, 3.05) is 4.90 Å². The van der Waals surface area contributed by atoms with Crippen molar-refractivity contribution in [3.05, 3.63) is 205 Å². The number of aromatic nitrogens is 1. The minimum atomic E-state index is -0.130. The lowest BCUT2D eigenvalue weighted by molar-refractivity contribution is 0.660. The van der Waals surface area contributed by atoms with Gasteiger partial charge < -0.3 is 9.47 Å². The zero-order chi connectivity index (χ0) is 35.5. The van der Waals surface area contributed by atoms with Gasteiger partial charge >= 0.3 is 0 Å². The molecule has 0 bridgehead atoms. The van der Waals surface area contributed by atoms with Gasteiger partial charge in [-0.15, -0.1) is 0 Å². The van der Waals surface area contributed by atoms with Crippen molar-refractivity contribution in [2.45, 2.75) is 19.3 Å². The SMILES string of the molecule is CC1(C)c2ccccc2-c2ccc(N(c3ccc(-c4ccccc4)cc3)c3cc(-c4ccccc4)cc4c3c3ccccc3n4-c3ccccc3)cc21. The van der Waals surface area contributed by atoms with Crippen LogP contribution < -0.4 is 4.90 Å². The molecule has 2 heteroatoms. The molecule has 0 N–H and O–H groups in total. The number of para-hydroxylation sites is 2. The highest BCUT2D eigenvalue weighted by Gasteiger charge is 2.36. The molecular formula is C51H38N2. The van der Waals surface area contributed by atoms with Gasteiger partial charge in [0, 0.05) is 33.2 Å². The van der Waals surface area contributed by atoms with E-state index in [-0.39, 0.29) is 5.41 Å². The van der Waals surface area contributed by atoms with E-state index in [4.69, 9.17) is 0 Å². The Kier molecular flexibility index (Phi) is 7.19. The first-order valence-corrected chi connectivity index (χ1v) is 18.4. The number of hydrogen-bond acceptors (Lipinski definition) is 1. The van der Waals surface area contributed by atoms with Gasteiger partial charge in [-0.2, -0.15) is 0 Å². The zero-order valence-electron chi connectivity index (χ0n) is 29.9. The van der Waals surface area contributed by atoms with E-state index in [0.29, 0.717) is 0 Å². The molecule has 0 atom stereocenters. The van der Waals surface area contributed by atoms with E-state index < -0.39 is 0 Å². The quantitative estimate of drug-likeness (QED) is 0.170. The summed E-state index contributed by atoms with van der Waals surface area (Å²) in [5, 5.41) is 2.44. The minimum Gasteiger partial charge on any atom is -0.310 e. The van der Waals surface area contributed by atoms with Gasteiger partial charge in [-0.05, 0) is 99.1 Å². The number of anilines is 3. The fraction of sp³-hybridized carbons (Fsp3) is 0.0588. The molecule has 53 heavy (non-hydrogen) atoms. The Bertz CT molecular complexity index is 2780. The van der Waals surface area contributed by atoms with E-state index in [9.17, 15) is 0 Å². The third-order valence-electron chi connectivity index (χ3n) is 11.2. The van der Waals surface area contributed by atoms with Crippen molar-refractivity contribution in [3.8, 4) is 39.1 Å². The molecule has 0 saturated carbocycles. The fourth-order valence-corrected chi connectivity index (χ4v) is 8.59. The maximum Gasteiger partial charge on any atom is 0.0568 e. The fourth-order valence-electron chi connectivity index (χ4n) is 8.59. The van der Waals surface area contributed by atoms with Crippen LogP contribution in [0.4, 0.5) is 17.1 Å². The maximum atomic E-state index is 2.49. The molecule has 0 unspecified atom stereocenters. The van der Waals surface area contributed by atoms with Crippen LogP contribution in [-0.2, 0) is 5.41 Å². The van der Waals surface area contributed by atoms with Gasteiger partial charge in [-0.25, -0.2) is 0 Å². The average molecular weight is 679 g/mol. The van der Waals surface area contributed by atoms with Gasteiger partial charge in [-0.3, -0.25) is 0 Å². The predicted octanol–water partition coefficient (Wildman–Crippen LogP) is 13.9. The standard InChI is InChI=1S/C51H38N2/c1-51(2)45-24-14-12-22-42(45)43-31-30-41(34-46(43)51)52(40-28-26-37(27-29-40)35-16-6-3-7-17-35)48-32-38(36-18-8-4-9-19-36)33-49-50(48)44-23-13-15-25-47(44)53(49)39-20-10-5-11-21-39/h3-34H,1-2H3. The van der Waals surface area contributed by atoms with E-state index in [1.54, 1.807) is 0 Å². The van der Waals surface area contributed by atoms with Crippen molar-refractivity contribution in [3.63, 3.8) is 0 Å². The van der Waals surface area contributed by atoms with Crippen molar-refractivity contribution < 1.29 is 0 Å². The van der Waals surface area contributed by atoms with Crippen LogP contribution in [0.5, 0.6) is 0 Å². The first kappa shape index (κ1) is 31.1. The molecule has 252 valence electrons. The summed E-state index contributed by atoms with van der Waals surface area (Å²) in [5.74, 6) is 0. The van der Waals surface area contributed by atoms with Gasteiger partial charge in [0.2, 0.25) is 0 Å². The van der Waals surface area contributed by atoms with Gasteiger partial charge in [0.15, 0.2) is 0 Å². The summed E-state index contributed by atoms with van der Waals surface area (Å²) in [5.41, 5.74) is 16.9. The Labute approximate surface area is 310 Å². The molecule has 10 rings (SSSR count). The molecule has 9 aromatic rings. The number of hydrogen-bond donors (Lipinski definition) is 0. The minimum absolute atomic E-state index is 0.130. The maximum absolute atomic E-state index is 2.49. The Morgan fingerprint density at radius 1 is 0.415 bits per heavy atom. The van der Waals surface area contributed by atoms with Crippen LogP contribution in [0.1, 0.15) is 25.0 Å². The third-order valence-corrected chi connectivity index (χ3v) is 11.2. The van der Waals surface area contributed by atoms with Gasteiger partial charge in [0.25, 0.3) is 0 Å². The highest BCUT2D eigenvalue weighted by Crippen LogP contribution is 2.52. The van der Waals surface area contributed by atoms with E-state index >= 15 is 0 Å². The van der Waals surface area contributed by atoms with Crippen LogP contribution >= 0.6 is 0 Å². The molecule has 0 radical (unpaired) electrons. The summed E-state index contributed by atoms with van der Waals surface area (Å²) in [4.78, 5) is 2.49. The summed E-state index contributed by atoms with van der Waals surface area (Å²) in [6, 6.07) is 70.9. The topological polar surface area (TPSA) is 8.17 Å². The molecule has 0 amide bonds. The number of fused-ring (bicyclic) bond motifs is 6. The molecule has 0 fully saturated rings. The molecule has 1 aliphatic carbocycles. The van der Waals surface area contributed by atoms with Crippen molar-refractivity contribution in [1.82, 2.24) is 4.57 Å². The lowest BCUT2D eigenvalue weighted by atomic mass is 9.82. The van der Waals surface area contributed by atoms with E-state index in [2.05, 4.69) is 217 Å². The predicted molar refractivity (Wildman–Crippen MR) is 224 cm³/mol. The van der Waals surface area contributed by atoms with Crippen molar-refractivity contribution in [1.29, 1.82) is 0 Å². The Hall–Kier alpha value is -6.64. The third kappa shape index (κ3) is 5.02. The Morgan fingerprint density at radius 3 is 1.72 bits per heavy atom. The summed E-state index contributed by atoms with van der Waals surface area (Å²) in [6.07, 6.45) is 0. The molecule has 2 nitrogen and oxygen atoms in total. The van der Waals surface area contributed by atoms with Gasteiger partial charge in [0.05, 0.1) is 16.7 Å². The second kappa shape index (κ2) is 12.3. The molecule has 8 aromatic carbocycles. The number of rotatable bonds is 6. The van der Waals surface area contributed by atoms with E-state index in [1.807, 2.05) is 0 Å². The van der Waals surface area contributed by atoms with Gasteiger partial charge in [0.1, 0.15) is 0 Å².